The molecule has 7 nitrogen and oxygen atoms in total. The minimum Gasteiger partial charge on any atom is -0.377 e. The largest absolute Gasteiger partial charge is 0.377 e. The Morgan fingerprint density at radius 1 is 1.22 bits per heavy atom. The van der Waals surface area contributed by atoms with Crippen LogP contribution in [-0.4, -0.2) is 44.9 Å². The van der Waals surface area contributed by atoms with Gasteiger partial charge < -0.3 is 10.1 Å². The Bertz CT molecular complexity index is 1130. The zero-order valence-corrected chi connectivity index (χ0v) is 19.7. The molecule has 0 spiro atoms. The van der Waals surface area contributed by atoms with E-state index in [-0.39, 0.29) is 16.9 Å². The summed E-state index contributed by atoms with van der Waals surface area (Å²) in [4.78, 5) is 14.1. The molecule has 2 heterocycles. The number of rotatable bonds is 6. The summed E-state index contributed by atoms with van der Waals surface area (Å²) in [7, 11) is -2.12. The van der Waals surface area contributed by atoms with E-state index in [1.165, 1.54) is 44.8 Å². The molecule has 1 amide bonds. The summed E-state index contributed by atoms with van der Waals surface area (Å²) in [5, 5.41) is 13.1. The second-order valence-electron chi connectivity index (χ2n) is 8.28. The van der Waals surface area contributed by atoms with Crippen molar-refractivity contribution in [1.82, 2.24) is 4.31 Å². The monoisotopic (exact) mass is 473 g/mol. The van der Waals surface area contributed by atoms with E-state index in [0.717, 1.165) is 50.5 Å². The van der Waals surface area contributed by atoms with Crippen LogP contribution in [0.2, 0.25) is 0 Å². The van der Waals surface area contributed by atoms with Crippen molar-refractivity contribution in [3.05, 3.63) is 45.8 Å². The van der Waals surface area contributed by atoms with Gasteiger partial charge in [0.25, 0.3) is 5.91 Å². The highest BCUT2D eigenvalue weighted by Crippen LogP contribution is 2.37. The highest BCUT2D eigenvalue weighted by atomic mass is 32.2. The van der Waals surface area contributed by atoms with E-state index < -0.39 is 10.0 Å². The second-order valence-corrected chi connectivity index (χ2v) is 11.4. The molecule has 9 heteroatoms. The number of nitrogens with one attached hydrogen (secondary N) is 1. The van der Waals surface area contributed by atoms with Crippen LogP contribution in [-0.2, 0) is 27.6 Å². The first-order chi connectivity index (χ1) is 15.4. The number of anilines is 1. The van der Waals surface area contributed by atoms with Crippen molar-refractivity contribution in [2.75, 3.05) is 25.5 Å². The molecule has 0 bridgehead atoms. The summed E-state index contributed by atoms with van der Waals surface area (Å²) < 4.78 is 32.5. The van der Waals surface area contributed by atoms with Crippen LogP contribution in [0.25, 0.3) is 0 Å². The molecule has 1 aliphatic heterocycles. The first kappa shape index (κ1) is 22.9. The molecule has 2 aromatic rings. The Morgan fingerprint density at radius 2 is 1.97 bits per heavy atom. The Balaban J connectivity index is 1.47. The zero-order chi connectivity index (χ0) is 22.7. The van der Waals surface area contributed by atoms with E-state index >= 15 is 0 Å². The van der Waals surface area contributed by atoms with Crippen molar-refractivity contribution in [2.45, 2.75) is 55.9 Å². The normalized spacial score (nSPS) is 18.7. The number of thiophene rings is 1. The number of nitriles is 1. The highest BCUT2D eigenvalue weighted by molar-refractivity contribution is 7.89. The van der Waals surface area contributed by atoms with Crippen LogP contribution in [0.4, 0.5) is 5.00 Å². The summed E-state index contributed by atoms with van der Waals surface area (Å²) in [5.41, 5.74) is 1.98. The van der Waals surface area contributed by atoms with Gasteiger partial charge in [0.1, 0.15) is 11.1 Å². The van der Waals surface area contributed by atoms with Crippen molar-refractivity contribution in [1.29, 1.82) is 5.26 Å². The molecule has 1 aliphatic carbocycles. The first-order valence-electron chi connectivity index (χ1n) is 10.9. The lowest BCUT2D eigenvalue weighted by Gasteiger charge is -2.20. The number of hydrogen-bond donors (Lipinski definition) is 1. The molecular formula is C23H27N3O4S2. The number of aryl methyl sites for hydroxylation is 1. The van der Waals surface area contributed by atoms with Gasteiger partial charge in [-0.05, 0) is 68.4 Å². The number of likely N-dealkylation sites (N-methyl/N-ethyl adjacent to an activating group) is 1. The maximum absolute atomic E-state index is 12.9. The topological polar surface area (TPSA) is 99.5 Å². The van der Waals surface area contributed by atoms with Gasteiger partial charge in [0.05, 0.1) is 16.6 Å². The van der Waals surface area contributed by atoms with Crippen LogP contribution in [0.15, 0.2) is 29.2 Å². The molecule has 1 fully saturated rings. The van der Waals surface area contributed by atoms with Gasteiger partial charge in [0.2, 0.25) is 10.0 Å². The molecule has 170 valence electrons. The van der Waals surface area contributed by atoms with Gasteiger partial charge in [0, 0.05) is 30.6 Å². The average molecular weight is 474 g/mol. The van der Waals surface area contributed by atoms with Crippen molar-refractivity contribution in [3.8, 4) is 6.07 Å². The summed E-state index contributed by atoms with van der Waals surface area (Å²) in [6.45, 7) is 0.980. The number of fused-ring (bicyclic) bond motifs is 1. The molecule has 1 aromatic heterocycles. The maximum atomic E-state index is 12.9. The lowest BCUT2D eigenvalue weighted by Crippen LogP contribution is -2.34. The molecule has 4 rings (SSSR count). The molecule has 0 radical (unpaired) electrons. The predicted molar refractivity (Wildman–Crippen MR) is 123 cm³/mol. The van der Waals surface area contributed by atoms with E-state index in [2.05, 4.69) is 11.4 Å². The predicted octanol–water partition coefficient (Wildman–Crippen LogP) is 3.94. The summed E-state index contributed by atoms with van der Waals surface area (Å²) >= 11 is 1.48. The van der Waals surface area contributed by atoms with Crippen molar-refractivity contribution >= 4 is 32.3 Å². The molecule has 1 aromatic carbocycles. The van der Waals surface area contributed by atoms with Gasteiger partial charge in [-0.3, -0.25) is 4.79 Å². The van der Waals surface area contributed by atoms with Gasteiger partial charge in [0.15, 0.2) is 0 Å². The minimum atomic E-state index is -3.66. The molecule has 32 heavy (non-hydrogen) atoms. The third-order valence-electron chi connectivity index (χ3n) is 6.07. The third kappa shape index (κ3) is 4.74. The average Bonchev–Trinajstić information content (AvgIpc) is 3.34. The lowest BCUT2D eigenvalue weighted by atomic mass is 10.1. The molecule has 2 aliphatic rings. The SMILES string of the molecule is CN(CC1CCCO1)S(=O)(=O)c1ccc(C(=O)Nc2sc3c(c2C#N)CCCCC3)cc1. The van der Waals surface area contributed by atoms with Crippen molar-refractivity contribution in [3.63, 3.8) is 0 Å². The first-order valence-corrected chi connectivity index (χ1v) is 13.2. The molecule has 1 saturated heterocycles. The van der Waals surface area contributed by atoms with E-state index in [1.54, 1.807) is 7.05 Å². The van der Waals surface area contributed by atoms with E-state index in [1.807, 2.05) is 0 Å². The van der Waals surface area contributed by atoms with Gasteiger partial charge >= 0.3 is 0 Å². The van der Waals surface area contributed by atoms with Crippen LogP contribution in [0.5, 0.6) is 0 Å². The van der Waals surface area contributed by atoms with Crippen LogP contribution in [0.1, 0.15) is 58.5 Å². The Hall–Kier alpha value is -2.25. The lowest BCUT2D eigenvalue weighted by molar-refractivity contribution is 0.0979. The number of carbonyl (C=O) groups excluding carboxylic acids is 1. The fraction of sp³-hybridized carbons (Fsp3) is 0.478. The number of benzene rings is 1. The molecule has 1 N–H and O–H groups in total. The number of nitrogens with zero attached hydrogens (tertiary/aromatic N) is 2. The fourth-order valence-electron chi connectivity index (χ4n) is 4.26. The van der Waals surface area contributed by atoms with Crippen LogP contribution in [0, 0.1) is 11.3 Å². The summed E-state index contributed by atoms with van der Waals surface area (Å²) in [6.07, 6.45) is 6.86. The Labute approximate surface area is 193 Å². The number of carbonyl (C=O) groups is 1. The van der Waals surface area contributed by atoms with Crippen LogP contribution in [0.3, 0.4) is 0 Å². The second kappa shape index (κ2) is 9.71. The van der Waals surface area contributed by atoms with E-state index in [9.17, 15) is 18.5 Å². The Morgan fingerprint density at radius 3 is 2.66 bits per heavy atom. The van der Waals surface area contributed by atoms with Gasteiger partial charge in [-0.15, -0.1) is 11.3 Å². The quantitative estimate of drug-likeness (QED) is 0.641. The zero-order valence-electron chi connectivity index (χ0n) is 18.1. The smallest absolute Gasteiger partial charge is 0.256 e. The van der Waals surface area contributed by atoms with E-state index in [4.69, 9.17) is 4.74 Å². The third-order valence-corrected chi connectivity index (χ3v) is 9.11. The van der Waals surface area contributed by atoms with Crippen molar-refractivity contribution < 1.29 is 17.9 Å². The van der Waals surface area contributed by atoms with E-state index in [0.29, 0.717) is 29.3 Å². The number of sulfonamides is 1. The maximum Gasteiger partial charge on any atom is 0.256 e. The Kier molecular flexibility index (Phi) is 6.96. The van der Waals surface area contributed by atoms with Crippen molar-refractivity contribution in [2.24, 2.45) is 0 Å². The number of hydrogen-bond acceptors (Lipinski definition) is 6. The molecule has 0 saturated carbocycles. The van der Waals surface area contributed by atoms with Gasteiger partial charge in [-0.2, -0.15) is 9.57 Å². The fourth-order valence-corrected chi connectivity index (χ4v) is 6.69. The van der Waals surface area contributed by atoms with Crippen LogP contribution >= 0.6 is 11.3 Å². The minimum absolute atomic E-state index is 0.0740. The summed E-state index contributed by atoms with van der Waals surface area (Å²) in [6, 6.07) is 8.17. The molecular weight excluding hydrogens is 446 g/mol. The van der Waals surface area contributed by atoms with Gasteiger partial charge in [-0.1, -0.05) is 6.42 Å². The standard InChI is InChI=1S/C23H27N3O4S2/c1-26(15-17-6-5-13-30-17)32(28,29)18-11-9-16(10-12-18)22(27)25-23-20(14-24)19-7-3-2-4-8-21(19)31-23/h9-12,17H,2-8,13,15H2,1H3,(H,25,27). The number of ether oxygens (including phenoxy) is 1. The highest BCUT2D eigenvalue weighted by Gasteiger charge is 2.26. The number of amides is 1. The molecule has 1 unspecified atom stereocenters. The summed E-state index contributed by atoms with van der Waals surface area (Å²) in [5.74, 6) is -0.352. The van der Waals surface area contributed by atoms with Gasteiger partial charge in [-0.25, -0.2) is 8.42 Å². The molecule has 1 atom stereocenters. The van der Waals surface area contributed by atoms with Crippen LogP contribution < -0.4 is 5.32 Å².